The molecular formula is C14H18ClNO3. The molecule has 1 aliphatic carbocycles. The fraction of sp³-hybridized carbons (Fsp3) is 0.500. The number of nitrogens with zero attached hydrogens (tertiary/aromatic N) is 1. The molecule has 1 aromatic rings. The number of hydrogen-bond acceptors (Lipinski definition) is 3. The maximum Gasteiger partial charge on any atom is 0.323 e. The van der Waals surface area contributed by atoms with Gasteiger partial charge in [0.05, 0.1) is 6.10 Å². The van der Waals surface area contributed by atoms with Gasteiger partial charge in [0.2, 0.25) is 0 Å². The molecule has 0 radical (unpaired) electrons. The first-order valence-corrected chi connectivity index (χ1v) is 6.83. The molecule has 0 aliphatic heterocycles. The van der Waals surface area contributed by atoms with Gasteiger partial charge in [0, 0.05) is 23.4 Å². The average molecular weight is 284 g/mol. The maximum absolute atomic E-state index is 11.0. The van der Waals surface area contributed by atoms with Crippen molar-refractivity contribution in [3.05, 3.63) is 29.3 Å². The van der Waals surface area contributed by atoms with Crippen molar-refractivity contribution in [2.75, 3.05) is 18.1 Å². The second-order valence-corrected chi connectivity index (χ2v) is 5.14. The van der Waals surface area contributed by atoms with Gasteiger partial charge in [-0.05, 0) is 38.0 Å². The maximum atomic E-state index is 11.0. The number of rotatable bonds is 6. The number of ether oxygens (including phenoxy) is 1. The lowest BCUT2D eigenvalue weighted by Crippen LogP contribution is -2.50. The number of hydrogen-bond donors (Lipinski definition) is 1. The number of carboxylic acid groups (broad SMARTS) is 1. The third-order valence-corrected chi connectivity index (χ3v) is 3.59. The average Bonchev–Trinajstić information content (AvgIpc) is 2.30. The van der Waals surface area contributed by atoms with Gasteiger partial charge in [0.25, 0.3) is 0 Å². The van der Waals surface area contributed by atoms with Crippen LogP contribution in [0.15, 0.2) is 24.3 Å². The summed E-state index contributed by atoms with van der Waals surface area (Å²) < 4.78 is 5.52. The van der Waals surface area contributed by atoms with Crippen LogP contribution in [0.3, 0.4) is 0 Å². The summed E-state index contributed by atoms with van der Waals surface area (Å²) in [6, 6.07) is 7.53. The Morgan fingerprint density at radius 2 is 2.26 bits per heavy atom. The molecule has 4 nitrogen and oxygen atoms in total. The van der Waals surface area contributed by atoms with E-state index in [9.17, 15) is 4.79 Å². The van der Waals surface area contributed by atoms with Crippen LogP contribution in [0.2, 0.25) is 5.02 Å². The molecule has 0 spiro atoms. The van der Waals surface area contributed by atoms with Gasteiger partial charge in [-0.1, -0.05) is 17.7 Å². The molecule has 1 saturated carbocycles. The molecule has 0 atom stereocenters. The summed E-state index contributed by atoms with van der Waals surface area (Å²) in [6.45, 7) is 2.66. The summed E-state index contributed by atoms with van der Waals surface area (Å²) in [5, 5.41) is 9.67. The Balaban J connectivity index is 2.07. The van der Waals surface area contributed by atoms with E-state index in [0.29, 0.717) is 11.6 Å². The van der Waals surface area contributed by atoms with E-state index < -0.39 is 5.97 Å². The summed E-state index contributed by atoms with van der Waals surface area (Å²) >= 11 is 5.97. The van der Waals surface area contributed by atoms with Crippen LogP contribution >= 0.6 is 11.6 Å². The van der Waals surface area contributed by atoms with Crippen molar-refractivity contribution >= 4 is 23.3 Å². The molecule has 104 valence electrons. The molecule has 0 amide bonds. The van der Waals surface area contributed by atoms with Gasteiger partial charge >= 0.3 is 5.97 Å². The molecule has 0 unspecified atom stereocenters. The van der Waals surface area contributed by atoms with Crippen LogP contribution in [0.4, 0.5) is 5.69 Å². The zero-order chi connectivity index (χ0) is 13.8. The van der Waals surface area contributed by atoms with E-state index in [-0.39, 0.29) is 18.7 Å². The summed E-state index contributed by atoms with van der Waals surface area (Å²) in [4.78, 5) is 12.9. The van der Waals surface area contributed by atoms with E-state index in [1.54, 1.807) is 12.1 Å². The Labute approximate surface area is 117 Å². The monoisotopic (exact) mass is 283 g/mol. The van der Waals surface area contributed by atoms with Crippen molar-refractivity contribution < 1.29 is 14.6 Å². The standard InChI is InChI=1S/C14H18ClNO3/c1-2-19-13-7-12(8-13)16(9-14(17)18)11-5-3-4-10(15)6-11/h3-6,12-13H,2,7-9H2,1H3,(H,17,18). The van der Waals surface area contributed by atoms with Crippen molar-refractivity contribution in [1.29, 1.82) is 0 Å². The highest BCUT2D eigenvalue weighted by Gasteiger charge is 2.35. The van der Waals surface area contributed by atoms with Crippen molar-refractivity contribution in [2.24, 2.45) is 0 Å². The lowest BCUT2D eigenvalue weighted by atomic mass is 9.87. The SMILES string of the molecule is CCOC1CC(N(CC(=O)O)c2cccc(Cl)c2)C1. The van der Waals surface area contributed by atoms with E-state index in [1.807, 2.05) is 24.0 Å². The number of aliphatic carboxylic acids is 1. The quantitative estimate of drug-likeness (QED) is 0.872. The van der Waals surface area contributed by atoms with Crippen LogP contribution < -0.4 is 4.90 Å². The first-order valence-electron chi connectivity index (χ1n) is 6.45. The highest BCUT2D eigenvalue weighted by Crippen LogP contribution is 2.32. The summed E-state index contributed by atoms with van der Waals surface area (Å²) in [6.07, 6.45) is 1.99. The molecule has 0 saturated heterocycles. The minimum Gasteiger partial charge on any atom is -0.480 e. The lowest BCUT2D eigenvalue weighted by molar-refractivity contribution is -0.135. The first kappa shape index (κ1) is 14.2. The summed E-state index contributed by atoms with van der Waals surface area (Å²) in [7, 11) is 0. The number of benzene rings is 1. The van der Waals surface area contributed by atoms with E-state index in [4.69, 9.17) is 21.4 Å². The van der Waals surface area contributed by atoms with Crippen LogP contribution in [-0.2, 0) is 9.53 Å². The largest absolute Gasteiger partial charge is 0.480 e. The van der Waals surface area contributed by atoms with Gasteiger partial charge < -0.3 is 14.7 Å². The van der Waals surface area contributed by atoms with Gasteiger partial charge in [-0.3, -0.25) is 4.79 Å². The molecule has 19 heavy (non-hydrogen) atoms. The molecule has 1 aromatic carbocycles. The Morgan fingerprint density at radius 3 is 2.84 bits per heavy atom. The second-order valence-electron chi connectivity index (χ2n) is 4.70. The van der Waals surface area contributed by atoms with E-state index in [0.717, 1.165) is 18.5 Å². The van der Waals surface area contributed by atoms with E-state index >= 15 is 0 Å². The minimum absolute atomic E-state index is 0.0101. The second kappa shape index (κ2) is 6.26. The highest BCUT2D eigenvalue weighted by molar-refractivity contribution is 6.30. The Hall–Kier alpha value is -1.26. The topological polar surface area (TPSA) is 49.8 Å². The molecule has 5 heteroatoms. The molecule has 0 bridgehead atoms. The smallest absolute Gasteiger partial charge is 0.323 e. The van der Waals surface area contributed by atoms with Crippen molar-refractivity contribution in [1.82, 2.24) is 0 Å². The fourth-order valence-corrected chi connectivity index (χ4v) is 2.58. The van der Waals surface area contributed by atoms with Crippen LogP contribution in [0.1, 0.15) is 19.8 Å². The number of anilines is 1. The van der Waals surface area contributed by atoms with Gasteiger partial charge in [0.15, 0.2) is 0 Å². The molecule has 0 aromatic heterocycles. The first-order chi connectivity index (χ1) is 9.10. The normalized spacial score (nSPS) is 21.8. The predicted molar refractivity (Wildman–Crippen MR) is 74.9 cm³/mol. The van der Waals surface area contributed by atoms with Crippen LogP contribution in [0.5, 0.6) is 0 Å². The van der Waals surface area contributed by atoms with Crippen LogP contribution in [0, 0.1) is 0 Å². The summed E-state index contributed by atoms with van der Waals surface area (Å²) in [5.74, 6) is -0.833. The van der Waals surface area contributed by atoms with Crippen molar-refractivity contribution in [3.8, 4) is 0 Å². The van der Waals surface area contributed by atoms with Gasteiger partial charge in [-0.15, -0.1) is 0 Å². The number of carbonyl (C=O) groups is 1. The summed E-state index contributed by atoms with van der Waals surface area (Å²) in [5.41, 5.74) is 0.856. The van der Waals surface area contributed by atoms with Gasteiger partial charge in [-0.25, -0.2) is 0 Å². The molecular weight excluding hydrogens is 266 g/mol. The Bertz CT molecular complexity index is 446. The van der Waals surface area contributed by atoms with Gasteiger partial charge in [0.1, 0.15) is 6.54 Å². The molecule has 1 N–H and O–H groups in total. The van der Waals surface area contributed by atoms with Crippen LogP contribution in [-0.4, -0.2) is 36.4 Å². The zero-order valence-corrected chi connectivity index (χ0v) is 11.6. The third kappa shape index (κ3) is 3.61. The molecule has 2 rings (SSSR count). The van der Waals surface area contributed by atoms with Crippen molar-refractivity contribution in [3.63, 3.8) is 0 Å². The predicted octanol–water partition coefficient (Wildman–Crippen LogP) is 2.80. The number of halogens is 1. The molecule has 1 aliphatic rings. The lowest BCUT2D eigenvalue weighted by Gasteiger charge is -2.43. The van der Waals surface area contributed by atoms with Crippen LogP contribution in [0.25, 0.3) is 0 Å². The Morgan fingerprint density at radius 1 is 1.53 bits per heavy atom. The van der Waals surface area contributed by atoms with Gasteiger partial charge in [-0.2, -0.15) is 0 Å². The zero-order valence-electron chi connectivity index (χ0n) is 10.9. The van der Waals surface area contributed by atoms with E-state index in [1.165, 1.54) is 0 Å². The third-order valence-electron chi connectivity index (χ3n) is 3.36. The molecule has 1 fully saturated rings. The minimum atomic E-state index is -0.833. The van der Waals surface area contributed by atoms with Crippen molar-refractivity contribution in [2.45, 2.75) is 31.9 Å². The Kier molecular flexibility index (Phi) is 4.66. The molecule has 0 heterocycles. The highest BCUT2D eigenvalue weighted by atomic mass is 35.5. The number of carboxylic acids is 1. The fourth-order valence-electron chi connectivity index (χ4n) is 2.40. The van der Waals surface area contributed by atoms with E-state index in [2.05, 4.69) is 0 Å².